The molecule has 0 fully saturated rings. The molecule has 4 N–H and O–H groups in total. The fraction of sp³-hybridized carbons (Fsp3) is 0.263. The lowest BCUT2D eigenvalue weighted by Gasteiger charge is -2.13. The SMILES string of the molecule is NC(CNC(=O)CCCNC(=O)c1ccc(Cl)cc1)c1ccccc1. The van der Waals surface area contributed by atoms with Gasteiger partial charge < -0.3 is 16.4 Å². The molecule has 132 valence electrons. The molecule has 0 saturated heterocycles. The van der Waals surface area contributed by atoms with Gasteiger partial charge in [-0.15, -0.1) is 0 Å². The number of hydrogen-bond acceptors (Lipinski definition) is 3. The van der Waals surface area contributed by atoms with Crippen LogP contribution in [0, 0.1) is 0 Å². The van der Waals surface area contributed by atoms with E-state index in [2.05, 4.69) is 10.6 Å². The summed E-state index contributed by atoms with van der Waals surface area (Å²) >= 11 is 5.78. The van der Waals surface area contributed by atoms with E-state index in [1.54, 1.807) is 24.3 Å². The van der Waals surface area contributed by atoms with Gasteiger partial charge in [0.1, 0.15) is 0 Å². The molecule has 0 aliphatic heterocycles. The first kappa shape index (κ1) is 19.0. The normalized spacial score (nSPS) is 11.6. The van der Waals surface area contributed by atoms with Crippen LogP contribution in [0.2, 0.25) is 5.02 Å². The Labute approximate surface area is 152 Å². The Hall–Kier alpha value is -2.37. The molecular weight excluding hydrogens is 338 g/mol. The van der Waals surface area contributed by atoms with Crippen LogP contribution in [0.5, 0.6) is 0 Å². The van der Waals surface area contributed by atoms with E-state index in [1.807, 2.05) is 30.3 Å². The van der Waals surface area contributed by atoms with Gasteiger partial charge in [-0.25, -0.2) is 0 Å². The summed E-state index contributed by atoms with van der Waals surface area (Å²) in [6.45, 7) is 0.819. The van der Waals surface area contributed by atoms with Crippen LogP contribution in [0.4, 0.5) is 0 Å². The van der Waals surface area contributed by atoms with Gasteiger partial charge in [0.15, 0.2) is 0 Å². The molecule has 0 aromatic heterocycles. The van der Waals surface area contributed by atoms with Gasteiger partial charge in [-0.3, -0.25) is 9.59 Å². The zero-order valence-electron chi connectivity index (χ0n) is 13.9. The topological polar surface area (TPSA) is 84.2 Å². The summed E-state index contributed by atoms with van der Waals surface area (Å²) in [4.78, 5) is 23.7. The summed E-state index contributed by atoms with van der Waals surface area (Å²) in [7, 11) is 0. The van der Waals surface area contributed by atoms with E-state index in [0.29, 0.717) is 36.5 Å². The van der Waals surface area contributed by atoms with Crippen LogP contribution in [-0.2, 0) is 4.79 Å². The Bertz CT molecular complexity index is 690. The fourth-order valence-electron chi connectivity index (χ4n) is 2.28. The lowest BCUT2D eigenvalue weighted by atomic mass is 10.1. The average Bonchev–Trinajstić information content (AvgIpc) is 2.64. The van der Waals surface area contributed by atoms with Crippen molar-refractivity contribution in [2.45, 2.75) is 18.9 Å². The van der Waals surface area contributed by atoms with Crippen LogP contribution in [0.1, 0.15) is 34.8 Å². The van der Waals surface area contributed by atoms with Gasteiger partial charge in [0.2, 0.25) is 5.91 Å². The molecule has 2 aromatic carbocycles. The molecule has 25 heavy (non-hydrogen) atoms. The second kappa shape index (κ2) is 9.81. The molecule has 1 atom stereocenters. The van der Waals surface area contributed by atoms with E-state index in [0.717, 1.165) is 5.56 Å². The van der Waals surface area contributed by atoms with Crippen LogP contribution in [0.25, 0.3) is 0 Å². The zero-order chi connectivity index (χ0) is 18.1. The van der Waals surface area contributed by atoms with Crippen molar-refractivity contribution in [3.05, 3.63) is 70.7 Å². The van der Waals surface area contributed by atoms with Gasteiger partial charge >= 0.3 is 0 Å². The summed E-state index contributed by atoms with van der Waals surface area (Å²) in [6, 6.07) is 16.1. The molecule has 0 spiro atoms. The van der Waals surface area contributed by atoms with Crippen molar-refractivity contribution in [3.63, 3.8) is 0 Å². The van der Waals surface area contributed by atoms with E-state index in [-0.39, 0.29) is 17.9 Å². The molecule has 0 aliphatic carbocycles. The van der Waals surface area contributed by atoms with Crippen molar-refractivity contribution in [3.8, 4) is 0 Å². The summed E-state index contributed by atoms with van der Waals surface area (Å²) in [5.41, 5.74) is 7.56. The molecule has 2 amide bonds. The predicted molar refractivity (Wildman–Crippen MR) is 99.4 cm³/mol. The quantitative estimate of drug-likeness (QED) is 0.633. The Morgan fingerprint density at radius 1 is 1.00 bits per heavy atom. The Morgan fingerprint density at radius 2 is 1.68 bits per heavy atom. The van der Waals surface area contributed by atoms with Crippen molar-refractivity contribution >= 4 is 23.4 Å². The molecule has 0 heterocycles. The largest absolute Gasteiger partial charge is 0.354 e. The molecule has 0 radical (unpaired) electrons. The Balaban J connectivity index is 1.62. The predicted octanol–water partition coefficient (Wildman–Crippen LogP) is 2.67. The first-order valence-corrected chi connectivity index (χ1v) is 8.55. The van der Waals surface area contributed by atoms with Crippen LogP contribution in [0.3, 0.4) is 0 Å². The summed E-state index contributed by atoms with van der Waals surface area (Å²) in [5.74, 6) is -0.254. The average molecular weight is 360 g/mol. The molecule has 6 heteroatoms. The minimum Gasteiger partial charge on any atom is -0.354 e. The third-order valence-electron chi connectivity index (χ3n) is 3.72. The highest BCUT2D eigenvalue weighted by Crippen LogP contribution is 2.09. The highest BCUT2D eigenvalue weighted by molar-refractivity contribution is 6.30. The van der Waals surface area contributed by atoms with Gasteiger partial charge in [0.25, 0.3) is 5.91 Å². The minimum atomic E-state index is -0.227. The number of halogens is 1. The molecule has 2 rings (SSSR count). The summed E-state index contributed by atoms with van der Waals surface area (Å²) in [6.07, 6.45) is 0.897. The van der Waals surface area contributed by atoms with Gasteiger partial charge in [-0.2, -0.15) is 0 Å². The van der Waals surface area contributed by atoms with Crippen LogP contribution in [-0.4, -0.2) is 24.9 Å². The third-order valence-corrected chi connectivity index (χ3v) is 3.97. The van der Waals surface area contributed by atoms with Gasteiger partial charge in [-0.1, -0.05) is 41.9 Å². The molecule has 1 unspecified atom stereocenters. The number of amides is 2. The number of hydrogen-bond donors (Lipinski definition) is 3. The molecule has 0 bridgehead atoms. The number of benzene rings is 2. The monoisotopic (exact) mass is 359 g/mol. The Morgan fingerprint density at radius 3 is 2.36 bits per heavy atom. The summed E-state index contributed by atoms with van der Waals surface area (Å²) in [5, 5.41) is 6.18. The highest BCUT2D eigenvalue weighted by atomic mass is 35.5. The molecular formula is C19H22ClN3O2. The number of rotatable bonds is 8. The van der Waals surface area contributed by atoms with Crippen molar-refractivity contribution in [2.75, 3.05) is 13.1 Å². The van der Waals surface area contributed by atoms with E-state index in [4.69, 9.17) is 17.3 Å². The van der Waals surface area contributed by atoms with E-state index < -0.39 is 0 Å². The number of nitrogens with two attached hydrogens (primary N) is 1. The first-order valence-electron chi connectivity index (χ1n) is 8.17. The molecule has 0 aliphatic rings. The van der Waals surface area contributed by atoms with E-state index in [9.17, 15) is 9.59 Å². The molecule has 5 nitrogen and oxygen atoms in total. The number of carbonyl (C=O) groups is 2. The second-order valence-corrected chi connectivity index (χ2v) is 6.12. The van der Waals surface area contributed by atoms with Gasteiger partial charge in [0, 0.05) is 36.1 Å². The van der Waals surface area contributed by atoms with Crippen molar-refractivity contribution < 1.29 is 9.59 Å². The number of nitrogens with one attached hydrogen (secondary N) is 2. The maximum Gasteiger partial charge on any atom is 0.251 e. The minimum absolute atomic E-state index is 0.0767. The van der Waals surface area contributed by atoms with Gasteiger partial charge in [0.05, 0.1) is 0 Å². The van der Waals surface area contributed by atoms with Crippen molar-refractivity contribution in [1.82, 2.24) is 10.6 Å². The van der Waals surface area contributed by atoms with Gasteiger partial charge in [-0.05, 0) is 36.2 Å². The smallest absolute Gasteiger partial charge is 0.251 e. The third kappa shape index (κ3) is 6.57. The standard InChI is InChI=1S/C19H22ClN3O2/c20-16-10-8-15(9-11-16)19(25)22-12-4-7-18(24)23-13-17(21)14-5-2-1-3-6-14/h1-3,5-6,8-11,17H,4,7,12-13,21H2,(H,22,25)(H,23,24). The lowest BCUT2D eigenvalue weighted by Crippen LogP contribution is -2.32. The zero-order valence-corrected chi connectivity index (χ0v) is 14.6. The summed E-state index contributed by atoms with van der Waals surface area (Å²) < 4.78 is 0. The van der Waals surface area contributed by atoms with Crippen LogP contribution < -0.4 is 16.4 Å². The van der Waals surface area contributed by atoms with Crippen molar-refractivity contribution in [2.24, 2.45) is 5.73 Å². The maximum atomic E-state index is 11.9. The second-order valence-electron chi connectivity index (χ2n) is 5.69. The van der Waals surface area contributed by atoms with Crippen molar-refractivity contribution in [1.29, 1.82) is 0 Å². The Kier molecular flexibility index (Phi) is 7.44. The first-order chi connectivity index (χ1) is 12.1. The van der Waals surface area contributed by atoms with Crippen LogP contribution >= 0.6 is 11.6 Å². The molecule has 0 saturated carbocycles. The molecule has 2 aromatic rings. The lowest BCUT2D eigenvalue weighted by molar-refractivity contribution is -0.121. The maximum absolute atomic E-state index is 11.9. The van der Waals surface area contributed by atoms with E-state index in [1.165, 1.54) is 0 Å². The highest BCUT2D eigenvalue weighted by Gasteiger charge is 2.08. The number of carbonyl (C=O) groups excluding carboxylic acids is 2. The van der Waals surface area contributed by atoms with Crippen LogP contribution in [0.15, 0.2) is 54.6 Å². The fourth-order valence-corrected chi connectivity index (χ4v) is 2.41. The van der Waals surface area contributed by atoms with E-state index >= 15 is 0 Å².